The number of nitrogens with zero attached hydrogens (tertiary/aromatic N) is 2. The van der Waals surface area contributed by atoms with E-state index in [9.17, 15) is 13.6 Å². The minimum Gasteiger partial charge on any atom is -0.484 e. The fourth-order valence-corrected chi connectivity index (χ4v) is 3.56. The minimum absolute atomic E-state index is 0.221. The van der Waals surface area contributed by atoms with E-state index in [1.807, 2.05) is 13.0 Å². The number of aromatic nitrogens is 1. The summed E-state index contributed by atoms with van der Waals surface area (Å²) in [6.07, 6.45) is 0.727. The van der Waals surface area contributed by atoms with E-state index in [2.05, 4.69) is 4.99 Å². The normalized spacial score (nSPS) is 11.9. The first-order valence-corrected chi connectivity index (χ1v) is 8.64. The zero-order chi connectivity index (χ0) is 17.8. The second kappa shape index (κ2) is 7.57. The van der Waals surface area contributed by atoms with Crippen LogP contribution in [0.25, 0.3) is 10.2 Å². The Morgan fingerprint density at radius 2 is 2.00 bits per heavy atom. The summed E-state index contributed by atoms with van der Waals surface area (Å²) in [5.41, 5.74) is 0.267. The Morgan fingerprint density at radius 3 is 2.72 bits per heavy atom. The van der Waals surface area contributed by atoms with Gasteiger partial charge in [0.05, 0.1) is 10.2 Å². The quantitative estimate of drug-likeness (QED) is 0.691. The number of aryl methyl sites for hydroxylation is 1. The molecular weight excluding hydrogens is 346 g/mol. The summed E-state index contributed by atoms with van der Waals surface area (Å²) < 4.78 is 35.0. The van der Waals surface area contributed by atoms with Crippen molar-refractivity contribution in [3.63, 3.8) is 0 Å². The Labute approximate surface area is 147 Å². The third-order valence-electron chi connectivity index (χ3n) is 3.47. The average molecular weight is 362 g/mol. The van der Waals surface area contributed by atoms with Crippen LogP contribution in [-0.4, -0.2) is 17.1 Å². The van der Waals surface area contributed by atoms with Gasteiger partial charge in [-0.05, 0) is 24.6 Å². The summed E-state index contributed by atoms with van der Waals surface area (Å²) in [7, 11) is 0. The summed E-state index contributed by atoms with van der Waals surface area (Å²) in [5.74, 6) is -1.23. The van der Waals surface area contributed by atoms with E-state index in [1.165, 1.54) is 6.07 Å². The molecule has 0 saturated heterocycles. The Balaban J connectivity index is 1.93. The summed E-state index contributed by atoms with van der Waals surface area (Å²) in [5, 5.41) is 0. The number of carbonyl (C=O) groups is 1. The Morgan fingerprint density at radius 1 is 1.24 bits per heavy atom. The smallest absolute Gasteiger partial charge is 0.286 e. The highest BCUT2D eigenvalue weighted by Crippen LogP contribution is 2.22. The van der Waals surface area contributed by atoms with Crippen molar-refractivity contribution in [2.75, 3.05) is 6.61 Å². The van der Waals surface area contributed by atoms with Crippen LogP contribution in [0.1, 0.15) is 13.3 Å². The molecule has 7 heteroatoms. The van der Waals surface area contributed by atoms with Gasteiger partial charge in [-0.1, -0.05) is 36.5 Å². The molecule has 0 radical (unpaired) electrons. The highest BCUT2D eigenvalue weighted by Gasteiger charge is 2.13. The highest BCUT2D eigenvalue weighted by atomic mass is 32.1. The Bertz CT molecular complexity index is 964. The number of benzene rings is 2. The lowest BCUT2D eigenvalue weighted by molar-refractivity contribution is -0.120. The van der Waals surface area contributed by atoms with Crippen molar-refractivity contribution in [1.82, 2.24) is 4.57 Å². The number of hydrogen-bond acceptors (Lipinski definition) is 3. The lowest BCUT2D eigenvalue weighted by Crippen LogP contribution is -2.19. The lowest BCUT2D eigenvalue weighted by Gasteiger charge is -2.04. The molecule has 3 rings (SSSR count). The van der Waals surface area contributed by atoms with Crippen LogP contribution in [-0.2, 0) is 11.3 Å². The van der Waals surface area contributed by atoms with Gasteiger partial charge in [0.15, 0.2) is 17.2 Å². The summed E-state index contributed by atoms with van der Waals surface area (Å²) in [4.78, 5) is 16.5. The predicted octanol–water partition coefficient (Wildman–Crippen LogP) is 3.90. The second-order valence-corrected chi connectivity index (χ2v) is 6.39. The molecule has 0 unspecified atom stereocenters. The largest absolute Gasteiger partial charge is 0.484 e. The number of amides is 1. The number of ether oxygens (including phenoxy) is 1. The molecule has 0 aliphatic carbocycles. The van der Waals surface area contributed by atoms with E-state index in [0.29, 0.717) is 21.8 Å². The van der Waals surface area contributed by atoms with E-state index in [1.54, 1.807) is 28.8 Å². The molecular formula is C18H16F2N2O2S. The second-order valence-electron chi connectivity index (χ2n) is 5.38. The molecule has 0 aliphatic rings. The molecule has 0 N–H and O–H groups in total. The number of carbonyl (C=O) groups excluding carboxylic acids is 1. The van der Waals surface area contributed by atoms with Crippen LogP contribution >= 0.6 is 11.3 Å². The van der Waals surface area contributed by atoms with Gasteiger partial charge in [0.25, 0.3) is 5.91 Å². The van der Waals surface area contributed by atoms with Crippen molar-refractivity contribution in [3.05, 3.63) is 58.9 Å². The van der Waals surface area contributed by atoms with Crippen molar-refractivity contribution in [1.29, 1.82) is 0 Å². The van der Waals surface area contributed by atoms with Crippen LogP contribution in [0.3, 0.4) is 0 Å². The van der Waals surface area contributed by atoms with Crippen molar-refractivity contribution in [2.24, 2.45) is 4.99 Å². The third-order valence-corrected chi connectivity index (χ3v) is 4.49. The molecule has 0 saturated carbocycles. The van der Waals surface area contributed by atoms with Gasteiger partial charge in [0.2, 0.25) is 0 Å². The zero-order valence-corrected chi connectivity index (χ0v) is 14.4. The molecule has 0 bridgehead atoms. The van der Waals surface area contributed by atoms with Crippen LogP contribution in [0.2, 0.25) is 0 Å². The molecule has 0 spiro atoms. The van der Waals surface area contributed by atoms with Crippen molar-refractivity contribution in [2.45, 2.75) is 19.9 Å². The van der Waals surface area contributed by atoms with Crippen LogP contribution in [0.4, 0.5) is 8.78 Å². The van der Waals surface area contributed by atoms with E-state index in [0.717, 1.165) is 23.8 Å². The summed E-state index contributed by atoms with van der Waals surface area (Å²) in [6.45, 7) is 2.19. The molecule has 130 valence electrons. The zero-order valence-electron chi connectivity index (χ0n) is 13.5. The Hall–Kier alpha value is -2.54. The number of halogens is 2. The topological polar surface area (TPSA) is 43.6 Å². The summed E-state index contributed by atoms with van der Waals surface area (Å²) >= 11 is 1.08. The molecule has 1 amide bonds. The van der Waals surface area contributed by atoms with E-state index in [-0.39, 0.29) is 12.1 Å². The first-order valence-electron chi connectivity index (χ1n) is 7.82. The molecule has 0 aliphatic heterocycles. The molecule has 4 nitrogen and oxygen atoms in total. The molecule has 25 heavy (non-hydrogen) atoms. The standard InChI is InChI=1S/C18H16F2N2O2S/c1-2-8-22-17-14(20)9-12(19)10-15(17)25-18(22)21-16(23)11-24-13-6-4-3-5-7-13/h3-7,9-10H,2,8,11H2,1H3. The first kappa shape index (κ1) is 17.3. The monoisotopic (exact) mass is 362 g/mol. The predicted molar refractivity (Wildman–Crippen MR) is 92.5 cm³/mol. The fraction of sp³-hybridized carbons (Fsp3) is 0.222. The number of rotatable bonds is 5. The first-order chi connectivity index (χ1) is 12.1. The molecule has 0 fully saturated rings. The van der Waals surface area contributed by atoms with Gasteiger partial charge in [-0.15, -0.1) is 0 Å². The van der Waals surface area contributed by atoms with Gasteiger partial charge in [-0.2, -0.15) is 4.99 Å². The molecule has 1 aromatic heterocycles. The summed E-state index contributed by atoms with van der Waals surface area (Å²) in [6, 6.07) is 11.0. The number of hydrogen-bond donors (Lipinski definition) is 0. The van der Waals surface area contributed by atoms with Crippen LogP contribution in [0, 0.1) is 11.6 Å². The molecule has 2 aromatic carbocycles. The fourth-order valence-electron chi connectivity index (χ4n) is 2.45. The van der Waals surface area contributed by atoms with Crippen LogP contribution < -0.4 is 9.54 Å². The van der Waals surface area contributed by atoms with Crippen molar-refractivity contribution >= 4 is 27.5 Å². The van der Waals surface area contributed by atoms with E-state index in [4.69, 9.17) is 4.74 Å². The number of para-hydroxylation sites is 1. The molecule has 3 aromatic rings. The van der Waals surface area contributed by atoms with Gasteiger partial charge in [-0.25, -0.2) is 8.78 Å². The van der Waals surface area contributed by atoms with Gasteiger partial charge in [-0.3, -0.25) is 4.79 Å². The van der Waals surface area contributed by atoms with Crippen molar-refractivity contribution < 1.29 is 18.3 Å². The van der Waals surface area contributed by atoms with Crippen LogP contribution in [0.5, 0.6) is 5.75 Å². The van der Waals surface area contributed by atoms with E-state index < -0.39 is 17.5 Å². The minimum atomic E-state index is -0.658. The van der Waals surface area contributed by atoms with Gasteiger partial charge < -0.3 is 9.30 Å². The Kier molecular flexibility index (Phi) is 5.23. The molecule has 0 atom stereocenters. The highest BCUT2D eigenvalue weighted by molar-refractivity contribution is 7.16. The lowest BCUT2D eigenvalue weighted by atomic mass is 10.3. The van der Waals surface area contributed by atoms with Crippen molar-refractivity contribution in [3.8, 4) is 5.75 Å². The SMILES string of the molecule is CCCn1c(=NC(=O)COc2ccccc2)sc2cc(F)cc(F)c21. The van der Waals surface area contributed by atoms with Gasteiger partial charge in [0.1, 0.15) is 11.6 Å². The average Bonchev–Trinajstić information content (AvgIpc) is 2.91. The van der Waals surface area contributed by atoms with Gasteiger partial charge in [0, 0.05) is 12.6 Å². The third kappa shape index (κ3) is 3.93. The molecule has 1 heterocycles. The maximum absolute atomic E-state index is 14.1. The van der Waals surface area contributed by atoms with Crippen LogP contribution in [0.15, 0.2) is 47.5 Å². The van der Waals surface area contributed by atoms with Gasteiger partial charge >= 0.3 is 0 Å². The maximum Gasteiger partial charge on any atom is 0.286 e. The number of fused-ring (bicyclic) bond motifs is 1. The van der Waals surface area contributed by atoms with E-state index >= 15 is 0 Å². The maximum atomic E-state index is 14.1. The number of thiazole rings is 1.